The van der Waals surface area contributed by atoms with E-state index < -0.39 is 10.2 Å². The number of thioether (sulfide) groups is 1. The van der Waals surface area contributed by atoms with Crippen LogP contribution >= 0.6 is 11.8 Å². The molecule has 138 valence electrons. The number of ether oxygens (including phenoxy) is 1. The monoisotopic (exact) mass is 377 g/mol. The molecule has 2 aromatic rings. The minimum atomic E-state index is -0.520. The van der Waals surface area contributed by atoms with Gasteiger partial charge in [-0.1, -0.05) is 11.8 Å². The first-order valence-electron chi connectivity index (χ1n) is 8.12. The Morgan fingerprint density at radius 3 is 2.81 bits per heavy atom. The first kappa shape index (κ1) is 18.2. The number of rotatable bonds is 7. The number of nitrogens with one attached hydrogen (secondary N) is 1. The Hall–Kier alpha value is -2.62. The number of non-ortho nitro benzene ring substituents is 1. The number of carbonyl (C=O) groups is 1. The van der Waals surface area contributed by atoms with Crippen LogP contribution in [0, 0.1) is 17.0 Å². The van der Waals surface area contributed by atoms with Crippen molar-refractivity contribution in [2.75, 3.05) is 12.4 Å². The lowest BCUT2D eigenvalue weighted by molar-refractivity contribution is -0.384. The Morgan fingerprint density at radius 1 is 1.46 bits per heavy atom. The maximum Gasteiger partial charge on any atom is 0.271 e. The Balaban J connectivity index is 1.73. The molecule has 0 radical (unpaired) electrons. The SMILES string of the molecule is COc1ccc([N+](=O)[O-])cc1NC(=O)[C@@H](C)Sc1nnc(C)n1C1CC1. The molecule has 26 heavy (non-hydrogen) atoms. The highest BCUT2D eigenvalue weighted by Gasteiger charge is 2.30. The zero-order valence-electron chi connectivity index (χ0n) is 14.6. The molecule has 0 bridgehead atoms. The van der Waals surface area contributed by atoms with Gasteiger partial charge in [0.2, 0.25) is 5.91 Å². The third kappa shape index (κ3) is 3.79. The molecule has 1 aromatic heterocycles. The van der Waals surface area contributed by atoms with Gasteiger partial charge in [0, 0.05) is 18.2 Å². The van der Waals surface area contributed by atoms with Crippen molar-refractivity contribution in [3.8, 4) is 5.75 Å². The molecule has 1 aliphatic rings. The number of anilines is 1. The van der Waals surface area contributed by atoms with E-state index in [4.69, 9.17) is 4.74 Å². The number of amides is 1. The summed E-state index contributed by atoms with van der Waals surface area (Å²) in [5.41, 5.74) is 0.143. The number of nitro benzene ring substituents is 1. The van der Waals surface area contributed by atoms with Gasteiger partial charge in [-0.2, -0.15) is 0 Å². The molecule has 1 amide bonds. The molecular weight excluding hydrogens is 358 g/mol. The molecule has 1 atom stereocenters. The third-order valence-corrected chi connectivity index (χ3v) is 5.11. The van der Waals surface area contributed by atoms with Crippen LogP contribution in [0.25, 0.3) is 0 Å². The van der Waals surface area contributed by atoms with E-state index in [1.807, 2.05) is 6.92 Å². The minimum absolute atomic E-state index is 0.120. The van der Waals surface area contributed by atoms with Crippen molar-refractivity contribution in [2.24, 2.45) is 0 Å². The highest BCUT2D eigenvalue weighted by atomic mass is 32.2. The van der Waals surface area contributed by atoms with Crippen LogP contribution in [0.15, 0.2) is 23.4 Å². The van der Waals surface area contributed by atoms with E-state index in [0.29, 0.717) is 16.9 Å². The molecular formula is C16H19N5O4S. The number of hydrogen-bond donors (Lipinski definition) is 1. The van der Waals surface area contributed by atoms with E-state index in [1.54, 1.807) is 6.92 Å². The van der Waals surface area contributed by atoms with Gasteiger partial charge in [-0.15, -0.1) is 10.2 Å². The first-order chi connectivity index (χ1) is 12.4. The van der Waals surface area contributed by atoms with Crippen LogP contribution in [0.2, 0.25) is 0 Å². The lowest BCUT2D eigenvalue weighted by Crippen LogP contribution is -2.23. The summed E-state index contributed by atoms with van der Waals surface area (Å²) in [5, 5.41) is 22.2. The predicted molar refractivity (Wildman–Crippen MR) is 96.6 cm³/mol. The van der Waals surface area contributed by atoms with Crippen LogP contribution in [-0.2, 0) is 4.79 Å². The number of aromatic nitrogens is 3. The predicted octanol–water partition coefficient (Wildman–Crippen LogP) is 2.96. The fourth-order valence-corrected chi connectivity index (χ4v) is 3.50. The minimum Gasteiger partial charge on any atom is -0.495 e. The van der Waals surface area contributed by atoms with Crippen LogP contribution in [0.1, 0.15) is 31.6 Å². The maximum atomic E-state index is 12.6. The molecule has 1 heterocycles. The highest BCUT2D eigenvalue weighted by molar-refractivity contribution is 8.00. The van der Waals surface area contributed by atoms with Crippen molar-refractivity contribution in [1.82, 2.24) is 14.8 Å². The smallest absolute Gasteiger partial charge is 0.271 e. The molecule has 10 heteroatoms. The average molecular weight is 377 g/mol. The number of hydrogen-bond acceptors (Lipinski definition) is 7. The summed E-state index contributed by atoms with van der Waals surface area (Å²) in [6.07, 6.45) is 2.19. The fourth-order valence-electron chi connectivity index (χ4n) is 2.54. The second-order valence-electron chi connectivity index (χ2n) is 6.02. The van der Waals surface area contributed by atoms with E-state index in [9.17, 15) is 14.9 Å². The van der Waals surface area contributed by atoms with Crippen LogP contribution in [0.5, 0.6) is 5.75 Å². The zero-order valence-corrected chi connectivity index (χ0v) is 15.4. The zero-order chi connectivity index (χ0) is 18.8. The summed E-state index contributed by atoms with van der Waals surface area (Å²) >= 11 is 1.31. The van der Waals surface area contributed by atoms with E-state index in [-0.39, 0.29) is 17.3 Å². The number of carbonyl (C=O) groups excluding carboxylic acids is 1. The van der Waals surface area contributed by atoms with Crippen molar-refractivity contribution < 1.29 is 14.5 Å². The summed E-state index contributed by atoms with van der Waals surface area (Å²) < 4.78 is 7.23. The average Bonchev–Trinajstić information content (AvgIpc) is 3.38. The number of aryl methyl sites for hydroxylation is 1. The van der Waals surface area contributed by atoms with Crippen molar-refractivity contribution in [3.05, 3.63) is 34.1 Å². The van der Waals surface area contributed by atoms with Gasteiger partial charge in [-0.3, -0.25) is 14.9 Å². The molecule has 0 aliphatic heterocycles. The molecule has 1 aliphatic carbocycles. The Morgan fingerprint density at radius 2 is 2.19 bits per heavy atom. The van der Waals surface area contributed by atoms with Crippen LogP contribution in [0.4, 0.5) is 11.4 Å². The van der Waals surface area contributed by atoms with Gasteiger partial charge in [-0.05, 0) is 32.8 Å². The van der Waals surface area contributed by atoms with E-state index in [2.05, 4.69) is 20.1 Å². The van der Waals surface area contributed by atoms with Gasteiger partial charge in [0.15, 0.2) is 5.16 Å². The Labute approximate surface area is 154 Å². The van der Waals surface area contributed by atoms with Gasteiger partial charge in [0.1, 0.15) is 11.6 Å². The fraction of sp³-hybridized carbons (Fsp3) is 0.438. The van der Waals surface area contributed by atoms with E-state index >= 15 is 0 Å². The maximum absolute atomic E-state index is 12.6. The summed E-state index contributed by atoms with van der Waals surface area (Å²) in [4.78, 5) is 23.0. The van der Waals surface area contributed by atoms with Crippen LogP contribution < -0.4 is 10.1 Å². The number of benzene rings is 1. The molecule has 0 unspecified atom stereocenters. The number of nitro groups is 1. The summed E-state index contributed by atoms with van der Waals surface area (Å²) in [7, 11) is 1.44. The lowest BCUT2D eigenvalue weighted by Gasteiger charge is -2.14. The largest absolute Gasteiger partial charge is 0.495 e. The number of methoxy groups -OCH3 is 1. The van der Waals surface area contributed by atoms with E-state index in [1.165, 1.54) is 37.1 Å². The van der Waals surface area contributed by atoms with Crippen molar-refractivity contribution in [3.63, 3.8) is 0 Å². The molecule has 1 aromatic carbocycles. The second-order valence-corrected chi connectivity index (χ2v) is 7.33. The Bertz CT molecular complexity index is 849. The van der Waals surface area contributed by atoms with E-state index in [0.717, 1.165) is 18.7 Å². The lowest BCUT2D eigenvalue weighted by atomic mass is 10.2. The van der Waals surface area contributed by atoms with Gasteiger partial charge >= 0.3 is 0 Å². The van der Waals surface area contributed by atoms with Gasteiger partial charge < -0.3 is 14.6 Å². The second kappa shape index (κ2) is 7.32. The van der Waals surface area contributed by atoms with Crippen molar-refractivity contribution >= 4 is 29.0 Å². The standard InChI is InChI=1S/C16H19N5O4S/c1-9(26-16-19-18-10(2)20(16)11-4-5-11)15(22)17-13-8-12(21(23)24)6-7-14(13)25-3/h6-9,11H,4-5H2,1-3H3,(H,17,22)/t9-/m1/s1. The molecule has 1 fully saturated rings. The van der Waals surface area contributed by atoms with Crippen LogP contribution in [0.3, 0.4) is 0 Å². The number of nitrogens with zero attached hydrogens (tertiary/aromatic N) is 4. The van der Waals surface area contributed by atoms with Crippen molar-refractivity contribution in [1.29, 1.82) is 0 Å². The van der Waals surface area contributed by atoms with Gasteiger partial charge in [-0.25, -0.2) is 0 Å². The molecule has 9 nitrogen and oxygen atoms in total. The van der Waals surface area contributed by atoms with Crippen LogP contribution in [-0.4, -0.2) is 38.0 Å². The normalized spacial score (nSPS) is 14.7. The summed E-state index contributed by atoms with van der Waals surface area (Å²) in [6.45, 7) is 3.65. The molecule has 1 N–H and O–H groups in total. The molecule has 3 rings (SSSR count). The highest BCUT2D eigenvalue weighted by Crippen LogP contribution is 2.39. The third-order valence-electron chi connectivity index (χ3n) is 4.05. The topological polar surface area (TPSA) is 112 Å². The summed E-state index contributed by atoms with van der Waals surface area (Å²) in [5.74, 6) is 0.901. The first-order valence-corrected chi connectivity index (χ1v) is 9.00. The van der Waals surface area contributed by atoms with Crippen molar-refractivity contribution in [2.45, 2.75) is 43.1 Å². The molecule has 1 saturated carbocycles. The molecule has 0 saturated heterocycles. The molecule has 0 spiro atoms. The summed E-state index contributed by atoms with van der Waals surface area (Å²) in [6, 6.07) is 4.48. The van der Waals surface area contributed by atoms with Gasteiger partial charge in [0.25, 0.3) is 5.69 Å². The van der Waals surface area contributed by atoms with Gasteiger partial charge in [0.05, 0.1) is 23.0 Å². The Kier molecular flexibility index (Phi) is 5.12. The quantitative estimate of drug-likeness (QED) is 0.448.